The highest BCUT2D eigenvalue weighted by Crippen LogP contribution is 2.20. The summed E-state index contributed by atoms with van der Waals surface area (Å²) in [5, 5.41) is 11.2. The molecule has 52 valence electrons. The molecule has 1 aromatic heterocycles. The number of terminal acetylenes is 1. The fourth-order valence-electron chi connectivity index (χ4n) is 0.693. The number of aliphatic hydroxyl groups is 1. The first-order valence-corrected chi connectivity index (χ1v) is 3.87. The summed E-state index contributed by atoms with van der Waals surface area (Å²) in [5.41, 5.74) is 0. The Balaban J connectivity index is 2.61. The fourth-order valence-corrected chi connectivity index (χ4v) is 1.40. The van der Waals surface area contributed by atoms with Gasteiger partial charge in [-0.1, -0.05) is 6.07 Å². The van der Waals surface area contributed by atoms with Crippen LogP contribution in [0.15, 0.2) is 17.5 Å². The Bertz CT molecular complexity index is 220. The van der Waals surface area contributed by atoms with Gasteiger partial charge < -0.3 is 5.11 Å². The van der Waals surface area contributed by atoms with Crippen LogP contribution in [0.1, 0.15) is 17.4 Å². The minimum atomic E-state index is -0.468. The molecule has 0 bridgehead atoms. The molecule has 1 aromatic rings. The van der Waals surface area contributed by atoms with Crippen LogP contribution in [0, 0.1) is 12.3 Å². The quantitative estimate of drug-likeness (QED) is 0.641. The van der Waals surface area contributed by atoms with Crippen LogP contribution < -0.4 is 0 Å². The highest BCUT2D eigenvalue weighted by Gasteiger charge is 2.04. The van der Waals surface area contributed by atoms with Crippen LogP contribution in [0.5, 0.6) is 0 Å². The Kier molecular flexibility index (Phi) is 2.49. The van der Waals surface area contributed by atoms with Crippen molar-refractivity contribution in [3.63, 3.8) is 0 Å². The predicted octanol–water partition coefficient (Wildman–Crippen LogP) is 1.80. The van der Waals surface area contributed by atoms with E-state index in [1.54, 1.807) is 0 Å². The van der Waals surface area contributed by atoms with Gasteiger partial charge in [-0.25, -0.2) is 0 Å². The zero-order valence-electron chi connectivity index (χ0n) is 5.45. The molecule has 0 amide bonds. The van der Waals surface area contributed by atoms with Crippen molar-refractivity contribution in [1.29, 1.82) is 0 Å². The highest BCUT2D eigenvalue weighted by atomic mass is 32.1. The molecule has 1 nitrogen and oxygen atoms in total. The lowest BCUT2D eigenvalue weighted by atomic mass is 10.2. The molecule has 2 heteroatoms. The monoisotopic (exact) mass is 152 g/mol. The second-order valence-corrected chi connectivity index (χ2v) is 2.92. The van der Waals surface area contributed by atoms with Gasteiger partial charge >= 0.3 is 0 Å². The Morgan fingerprint density at radius 1 is 1.80 bits per heavy atom. The van der Waals surface area contributed by atoms with Gasteiger partial charge in [0.25, 0.3) is 0 Å². The Morgan fingerprint density at radius 3 is 3.10 bits per heavy atom. The highest BCUT2D eigenvalue weighted by molar-refractivity contribution is 7.10. The Hall–Kier alpha value is -0.780. The van der Waals surface area contributed by atoms with Gasteiger partial charge in [0, 0.05) is 11.3 Å². The van der Waals surface area contributed by atoms with Gasteiger partial charge in [-0.3, -0.25) is 0 Å². The van der Waals surface area contributed by atoms with Gasteiger partial charge in [-0.2, -0.15) is 0 Å². The lowest BCUT2D eigenvalue weighted by Gasteiger charge is -2.00. The molecule has 0 saturated carbocycles. The lowest BCUT2D eigenvalue weighted by Crippen LogP contribution is -1.90. The van der Waals surface area contributed by atoms with Crippen LogP contribution in [0.25, 0.3) is 0 Å². The van der Waals surface area contributed by atoms with Crippen LogP contribution >= 0.6 is 11.3 Å². The largest absolute Gasteiger partial charge is 0.387 e. The van der Waals surface area contributed by atoms with Gasteiger partial charge in [0.05, 0.1) is 6.10 Å². The van der Waals surface area contributed by atoms with Crippen molar-refractivity contribution < 1.29 is 5.11 Å². The van der Waals surface area contributed by atoms with Crippen molar-refractivity contribution in [3.8, 4) is 12.3 Å². The van der Waals surface area contributed by atoms with E-state index >= 15 is 0 Å². The van der Waals surface area contributed by atoms with E-state index in [9.17, 15) is 5.11 Å². The van der Waals surface area contributed by atoms with Crippen LogP contribution in [0.2, 0.25) is 0 Å². The summed E-state index contributed by atoms with van der Waals surface area (Å²) in [4.78, 5) is 0.943. The molecule has 0 fully saturated rings. The van der Waals surface area contributed by atoms with E-state index in [0.717, 1.165) is 4.88 Å². The number of thiophene rings is 1. The summed E-state index contributed by atoms with van der Waals surface area (Å²) in [6, 6.07) is 3.78. The Morgan fingerprint density at radius 2 is 2.60 bits per heavy atom. The first-order valence-electron chi connectivity index (χ1n) is 2.99. The molecule has 1 unspecified atom stereocenters. The second kappa shape index (κ2) is 3.40. The first kappa shape index (κ1) is 7.33. The molecule has 0 aliphatic rings. The molecule has 10 heavy (non-hydrogen) atoms. The second-order valence-electron chi connectivity index (χ2n) is 1.94. The molecule has 1 rings (SSSR count). The van der Waals surface area contributed by atoms with E-state index in [4.69, 9.17) is 6.42 Å². The van der Waals surface area contributed by atoms with Gasteiger partial charge in [0.15, 0.2) is 0 Å². The van der Waals surface area contributed by atoms with Crippen molar-refractivity contribution in [1.82, 2.24) is 0 Å². The van der Waals surface area contributed by atoms with Crippen molar-refractivity contribution in [2.45, 2.75) is 12.5 Å². The molecule has 0 aliphatic heterocycles. The lowest BCUT2D eigenvalue weighted by molar-refractivity contribution is 0.188. The first-order chi connectivity index (χ1) is 4.84. The zero-order chi connectivity index (χ0) is 7.40. The average Bonchev–Trinajstić information content (AvgIpc) is 2.38. The minimum absolute atomic E-state index is 0.403. The molecule has 1 heterocycles. The molecule has 0 aliphatic carbocycles. The average molecular weight is 152 g/mol. The van der Waals surface area contributed by atoms with Crippen molar-refractivity contribution in [3.05, 3.63) is 22.4 Å². The third kappa shape index (κ3) is 1.60. The summed E-state index contributed by atoms with van der Waals surface area (Å²) in [5.74, 6) is 2.41. The van der Waals surface area contributed by atoms with Crippen LogP contribution in [0.3, 0.4) is 0 Å². The number of hydrogen-bond donors (Lipinski definition) is 1. The summed E-state index contributed by atoms with van der Waals surface area (Å²) in [6.45, 7) is 0. The van der Waals surface area contributed by atoms with Gasteiger partial charge in [-0.15, -0.1) is 23.7 Å². The standard InChI is InChI=1S/C8H8OS/c1-2-4-7(9)8-5-3-6-10-8/h1,3,5-7,9H,4H2. The smallest absolute Gasteiger partial charge is 0.0990 e. The normalized spacial score (nSPS) is 12.4. The van der Waals surface area contributed by atoms with Gasteiger partial charge in [-0.05, 0) is 11.4 Å². The molecular weight excluding hydrogens is 144 g/mol. The SMILES string of the molecule is C#CCC(O)c1cccs1. The van der Waals surface area contributed by atoms with Crippen LogP contribution in [-0.4, -0.2) is 5.11 Å². The number of hydrogen-bond acceptors (Lipinski definition) is 2. The van der Waals surface area contributed by atoms with Gasteiger partial charge in [0.1, 0.15) is 0 Å². The summed E-state index contributed by atoms with van der Waals surface area (Å²) in [7, 11) is 0. The van der Waals surface area contributed by atoms with Crippen molar-refractivity contribution >= 4 is 11.3 Å². The maximum Gasteiger partial charge on any atom is 0.0990 e. The molecule has 1 N–H and O–H groups in total. The number of rotatable bonds is 2. The van der Waals surface area contributed by atoms with E-state index in [0.29, 0.717) is 6.42 Å². The van der Waals surface area contributed by atoms with Crippen molar-refractivity contribution in [2.24, 2.45) is 0 Å². The Labute approximate surface area is 64.3 Å². The van der Waals surface area contributed by atoms with E-state index in [2.05, 4.69) is 5.92 Å². The molecule has 0 saturated heterocycles. The van der Waals surface area contributed by atoms with Crippen LogP contribution in [0.4, 0.5) is 0 Å². The minimum Gasteiger partial charge on any atom is -0.387 e. The maximum atomic E-state index is 9.28. The van der Waals surface area contributed by atoms with E-state index in [1.807, 2.05) is 17.5 Å². The molecule has 0 radical (unpaired) electrons. The zero-order valence-corrected chi connectivity index (χ0v) is 6.27. The fraction of sp³-hybridized carbons (Fsp3) is 0.250. The van der Waals surface area contributed by atoms with Crippen LogP contribution in [-0.2, 0) is 0 Å². The van der Waals surface area contributed by atoms with E-state index in [1.165, 1.54) is 11.3 Å². The van der Waals surface area contributed by atoms with Gasteiger partial charge in [0.2, 0.25) is 0 Å². The molecule has 1 atom stereocenters. The summed E-state index contributed by atoms with van der Waals surface area (Å²) in [6.07, 6.45) is 4.97. The predicted molar refractivity (Wildman–Crippen MR) is 42.7 cm³/mol. The molecule has 0 spiro atoms. The third-order valence-corrected chi connectivity index (χ3v) is 2.16. The summed E-state index contributed by atoms with van der Waals surface area (Å²) >= 11 is 1.53. The van der Waals surface area contributed by atoms with E-state index in [-0.39, 0.29) is 0 Å². The number of aliphatic hydroxyl groups excluding tert-OH is 1. The third-order valence-electron chi connectivity index (χ3n) is 1.18. The molecule has 0 aromatic carbocycles. The summed E-state index contributed by atoms with van der Waals surface area (Å²) < 4.78 is 0. The van der Waals surface area contributed by atoms with Crippen molar-refractivity contribution in [2.75, 3.05) is 0 Å². The molecular formula is C8H8OS. The van der Waals surface area contributed by atoms with E-state index < -0.39 is 6.10 Å². The topological polar surface area (TPSA) is 20.2 Å². The maximum absolute atomic E-state index is 9.28.